The van der Waals surface area contributed by atoms with Crippen LogP contribution in [0.25, 0.3) is 11.0 Å². The lowest BCUT2D eigenvalue weighted by Crippen LogP contribution is -2.57. The summed E-state index contributed by atoms with van der Waals surface area (Å²) in [5.41, 5.74) is -1.84. The fourth-order valence-electron chi connectivity index (χ4n) is 3.07. The van der Waals surface area contributed by atoms with Crippen LogP contribution in [0.2, 0.25) is 0 Å². The number of H-pyrrole nitrogens is 2. The molecule has 0 aliphatic carbocycles. The van der Waals surface area contributed by atoms with Gasteiger partial charge in [-0.25, -0.2) is 4.79 Å². The van der Waals surface area contributed by atoms with Crippen LogP contribution in [0.5, 0.6) is 0 Å². The molecule has 0 unspecified atom stereocenters. The first-order chi connectivity index (χ1) is 11.3. The van der Waals surface area contributed by atoms with Crippen LogP contribution >= 0.6 is 0 Å². The van der Waals surface area contributed by atoms with E-state index >= 15 is 0 Å². The Kier molecular flexibility index (Phi) is 3.75. The smallest absolute Gasteiger partial charge is 0.329 e. The minimum atomic E-state index is -1.25. The number of carbonyl (C=O) groups is 2. The van der Waals surface area contributed by atoms with Gasteiger partial charge in [0.25, 0.3) is 5.91 Å². The van der Waals surface area contributed by atoms with Crippen LogP contribution in [-0.2, 0) is 4.79 Å². The van der Waals surface area contributed by atoms with Crippen molar-refractivity contribution in [2.45, 2.75) is 31.7 Å². The fourth-order valence-corrected chi connectivity index (χ4v) is 3.07. The van der Waals surface area contributed by atoms with E-state index in [9.17, 15) is 24.3 Å². The molecule has 0 bridgehead atoms. The molecule has 1 fully saturated rings. The predicted octanol–water partition coefficient (Wildman–Crippen LogP) is 0.686. The van der Waals surface area contributed by atoms with Crippen LogP contribution in [0.3, 0.4) is 0 Å². The highest BCUT2D eigenvalue weighted by Gasteiger charge is 2.44. The van der Waals surface area contributed by atoms with Crippen LogP contribution in [-0.4, -0.2) is 43.9 Å². The Morgan fingerprint density at radius 1 is 1.12 bits per heavy atom. The summed E-state index contributed by atoms with van der Waals surface area (Å²) in [4.78, 5) is 53.4. The largest absolute Gasteiger partial charge is 0.480 e. The number of hydrogen-bond donors (Lipinski definition) is 3. The van der Waals surface area contributed by atoms with Gasteiger partial charge in [0.2, 0.25) is 0 Å². The first-order valence-corrected chi connectivity index (χ1v) is 7.65. The number of aromatic nitrogens is 2. The molecule has 2 heterocycles. The first-order valence-electron chi connectivity index (χ1n) is 7.65. The van der Waals surface area contributed by atoms with Gasteiger partial charge in [-0.3, -0.25) is 14.4 Å². The van der Waals surface area contributed by atoms with E-state index in [1.807, 2.05) is 0 Å². The molecule has 1 saturated heterocycles. The van der Waals surface area contributed by atoms with Gasteiger partial charge in [0, 0.05) is 12.1 Å². The van der Waals surface area contributed by atoms with Gasteiger partial charge in [-0.05, 0) is 44.4 Å². The lowest BCUT2D eigenvalue weighted by atomic mass is 9.88. The molecule has 1 aromatic heterocycles. The Labute approximate surface area is 136 Å². The predicted molar refractivity (Wildman–Crippen MR) is 86.1 cm³/mol. The zero-order valence-corrected chi connectivity index (χ0v) is 13.1. The van der Waals surface area contributed by atoms with Crippen molar-refractivity contribution < 1.29 is 14.7 Å². The molecule has 24 heavy (non-hydrogen) atoms. The number of piperidine rings is 1. The summed E-state index contributed by atoms with van der Waals surface area (Å²) in [7, 11) is 0. The van der Waals surface area contributed by atoms with Gasteiger partial charge in [0.05, 0.1) is 11.0 Å². The number of benzene rings is 1. The summed E-state index contributed by atoms with van der Waals surface area (Å²) >= 11 is 0. The lowest BCUT2D eigenvalue weighted by molar-refractivity contribution is -0.150. The summed E-state index contributed by atoms with van der Waals surface area (Å²) in [6.07, 6.45) is 1.89. The van der Waals surface area contributed by atoms with E-state index in [0.29, 0.717) is 24.0 Å². The average Bonchev–Trinajstić information content (AvgIpc) is 2.55. The molecule has 1 atom stereocenters. The Bertz CT molecular complexity index is 945. The number of carboxylic acid groups (broad SMARTS) is 1. The molecule has 0 radical (unpaired) electrons. The van der Waals surface area contributed by atoms with Crippen molar-refractivity contribution in [2.24, 2.45) is 0 Å². The molecule has 126 valence electrons. The Hall–Kier alpha value is -2.90. The summed E-state index contributed by atoms with van der Waals surface area (Å²) < 4.78 is 0. The average molecular weight is 331 g/mol. The Morgan fingerprint density at radius 3 is 2.46 bits per heavy atom. The van der Waals surface area contributed by atoms with Gasteiger partial charge in [0.15, 0.2) is 0 Å². The van der Waals surface area contributed by atoms with Gasteiger partial charge in [-0.1, -0.05) is 0 Å². The van der Waals surface area contributed by atoms with Crippen molar-refractivity contribution in [2.75, 3.05) is 6.54 Å². The number of carboxylic acids is 1. The number of nitrogens with zero attached hydrogens (tertiary/aromatic N) is 1. The summed E-state index contributed by atoms with van der Waals surface area (Å²) in [5.74, 6) is -1.44. The molecule has 8 nitrogen and oxygen atoms in total. The minimum Gasteiger partial charge on any atom is -0.480 e. The maximum absolute atomic E-state index is 12.8. The molecular formula is C16H17N3O5. The highest BCUT2D eigenvalue weighted by atomic mass is 16.4. The van der Waals surface area contributed by atoms with E-state index in [0.717, 1.165) is 12.8 Å². The van der Waals surface area contributed by atoms with Crippen LogP contribution in [0.4, 0.5) is 0 Å². The summed E-state index contributed by atoms with van der Waals surface area (Å²) in [6.45, 7) is 1.91. The monoisotopic (exact) mass is 331 g/mol. The molecule has 3 rings (SSSR count). The van der Waals surface area contributed by atoms with Gasteiger partial charge in [-0.2, -0.15) is 0 Å². The second-order valence-corrected chi connectivity index (χ2v) is 6.16. The molecule has 0 saturated carbocycles. The third kappa shape index (κ3) is 2.49. The van der Waals surface area contributed by atoms with Crippen LogP contribution in [0.15, 0.2) is 27.8 Å². The molecule has 3 N–H and O–H groups in total. The molecule has 1 aliphatic rings. The van der Waals surface area contributed by atoms with E-state index in [1.165, 1.54) is 23.1 Å². The molecule has 1 amide bonds. The number of aliphatic carboxylic acids is 1. The molecule has 0 spiro atoms. The minimum absolute atomic E-state index is 0.263. The first kappa shape index (κ1) is 16.0. The van der Waals surface area contributed by atoms with Gasteiger partial charge in [-0.15, -0.1) is 0 Å². The van der Waals surface area contributed by atoms with E-state index in [2.05, 4.69) is 9.97 Å². The normalized spacial score (nSPS) is 21.0. The number of carbonyl (C=O) groups excluding carboxylic acids is 1. The van der Waals surface area contributed by atoms with E-state index < -0.39 is 28.5 Å². The van der Waals surface area contributed by atoms with Gasteiger partial charge >= 0.3 is 17.1 Å². The highest BCUT2D eigenvalue weighted by Crippen LogP contribution is 2.30. The quantitative estimate of drug-likeness (QED) is 0.698. The van der Waals surface area contributed by atoms with E-state index in [4.69, 9.17) is 0 Å². The third-order valence-electron chi connectivity index (χ3n) is 4.57. The van der Waals surface area contributed by atoms with Crippen molar-refractivity contribution in [3.8, 4) is 0 Å². The molecule has 1 aromatic carbocycles. The second-order valence-electron chi connectivity index (χ2n) is 6.16. The van der Waals surface area contributed by atoms with Crippen LogP contribution in [0, 0.1) is 0 Å². The number of rotatable bonds is 2. The molecule has 1 aliphatic heterocycles. The molecule has 2 aromatic rings. The van der Waals surface area contributed by atoms with Crippen molar-refractivity contribution >= 4 is 22.9 Å². The SMILES string of the molecule is C[C@@]1(C(=O)O)CCCCN1C(=O)c1ccc2[nH]c(=O)c(=O)[nH]c2c1. The van der Waals surface area contributed by atoms with E-state index in [-0.39, 0.29) is 5.56 Å². The summed E-state index contributed by atoms with van der Waals surface area (Å²) in [6, 6.07) is 4.48. The van der Waals surface area contributed by atoms with Crippen molar-refractivity contribution in [1.29, 1.82) is 0 Å². The van der Waals surface area contributed by atoms with Crippen molar-refractivity contribution in [1.82, 2.24) is 14.9 Å². The van der Waals surface area contributed by atoms with E-state index in [1.54, 1.807) is 6.92 Å². The number of hydrogen-bond acceptors (Lipinski definition) is 4. The number of fused-ring (bicyclic) bond motifs is 1. The maximum atomic E-state index is 12.8. The van der Waals surface area contributed by atoms with Crippen LogP contribution in [0.1, 0.15) is 36.5 Å². The maximum Gasteiger partial charge on any atom is 0.329 e. The Morgan fingerprint density at radius 2 is 1.79 bits per heavy atom. The fraction of sp³-hybridized carbons (Fsp3) is 0.375. The molecular weight excluding hydrogens is 314 g/mol. The number of nitrogens with one attached hydrogen (secondary N) is 2. The lowest BCUT2D eigenvalue weighted by Gasteiger charge is -2.41. The zero-order valence-electron chi connectivity index (χ0n) is 13.1. The topological polar surface area (TPSA) is 123 Å². The van der Waals surface area contributed by atoms with Crippen molar-refractivity contribution in [3.63, 3.8) is 0 Å². The highest BCUT2D eigenvalue weighted by molar-refractivity contribution is 6.00. The zero-order chi connectivity index (χ0) is 17.5. The Balaban J connectivity index is 2.04. The van der Waals surface area contributed by atoms with Crippen molar-refractivity contribution in [3.05, 3.63) is 44.5 Å². The summed E-state index contributed by atoms with van der Waals surface area (Å²) in [5, 5.41) is 9.52. The standard InChI is InChI=1S/C16H17N3O5/c1-16(15(23)24)6-2-3-7-19(16)14(22)9-4-5-10-11(8-9)18-13(21)12(20)17-10/h4-5,8H,2-3,6-7H2,1H3,(H,17,20)(H,18,21)(H,23,24)/t16-/m0/s1. The van der Waals surface area contributed by atoms with Gasteiger partial charge < -0.3 is 20.0 Å². The molecule has 8 heteroatoms. The number of aromatic amines is 2. The van der Waals surface area contributed by atoms with Gasteiger partial charge in [0.1, 0.15) is 5.54 Å². The number of likely N-dealkylation sites (tertiary alicyclic amines) is 1. The van der Waals surface area contributed by atoms with Crippen LogP contribution < -0.4 is 11.1 Å². The second kappa shape index (κ2) is 5.63. The number of amides is 1. The third-order valence-corrected chi connectivity index (χ3v) is 4.57.